The van der Waals surface area contributed by atoms with Crippen molar-refractivity contribution < 1.29 is 14.3 Å². The van der Waals surface area contributed by atoms with Gasteiger partial charge in [0.1, 0.15) is 0 Å². The van der Waals surface area contributed by atoms with Crippen molar-refractivity contribution in [3.8, 4) is 22.6 Å². The lowest BCUT2D eigenvalue weighted by molar-refractivity contribution is -0.116. The maximum Gasteiger partial charge on any atom is 0.225 e. The molecule has 0 bridgehead atoms. The summed E-state index contributed by atoms with van der Waals surface area (Å²) in [5.41, 5.74) is 4.08. The Morgan fingerprint density at radius 3 is 2.70 bits per heavy atom. The predicted molar refractivity (Wildman–Crippen MR) is 109 cm³/mol. The Bertz CT molecular complexity index is 965. The molecule has 0 unspecified atom stereocenters. The quantitative estimate of drug-likeness (QED) is 0.655. The largest absolute Gasteiger partial charge is 0.493 e. The van der Waals surface area contributed by atoms with Crippen molar-refractivity contribution in [3.05, 3.63) is 64.4 Å². The van der Waals surface area contributed by atoms with Crippen molar-refractivity contribution in [2.24, 2.45) is 0 Å². The molecule has 3 aromatic rings. The Morgan fingerprint density at radius 1 is 1.15 bits per heavy atom. The first-order valence-corrected chi connectivity index (χ1v) is 9.87. The van der Waals surface area contributed by atoms with E-state index in [1.807, 2.05) is 43.3 Å². The zero-order valence-corrected chi connectivity index (χ0v) is 16.1. The van der Waals surface area contributed by atoms with E-state index in [0.717, 1.165) is 33.0 Å². The van der Waals surface area contributed by atoms with Crippen LogP contribution >= 0.6 is 11.3 Å². The van der Waals surface area contributed by atoms with Crippen LogP contribution in [-0.2, 0) is 4.79 Å². The number of benzene rings is 2. The summed E-state index contributed by atoms with van der Waals surface area (Å²) in [6, 6.07) is 16.0. The summed E-state index contributed by atoms with van der Waals surface area (Å²) < 4.78 is 11.4. The minimum absolute atomic E-state index is 0.0216. The van der Waals surface area contributed by atoms with Crippen molar-refractivity contribution >= 4 is 22.9 Å². The Hall–Kier alpha value is -2.79. The lowest BCUT2D eigenvalue weighted by Gasteiger charge is -2.26. The number of anilines is 1. The van der Waals surface area contributed by atoms with E-state index in [4.69, 9.17) is 9.47 Å². The molecule has 0 fully saturated rings. The maximum atomic E-state index is 12.5. The molecule has 2 aromatic carbocycles. The highest BCUT2D eigenvalue weighted by atomic mass is 32.1. The minimum atomic E-state index is -0.0483. The van der Waals surface area contributed by atoms with Gasteiger partial charge in [0.15, 0.2) is 11.5 Å². The van der Waals surface area contributed by atoms with Gasteiger partial charge in [-0.05, 0) is 18.6 Å². The van der Waals surface area contributed by atoms with Crippen LogP contribution in [0.3, 0.4) is 0 Å². The number of amides is 1. The number of carbonyl (C=O) groups is 1. The summed E-state index contributed by atoms with van der Waals surface area (Å²) in [7, 11) is 1.64. The molecule has 2 heterocycles. The normalized spacial score (nSPS) is 15.8. The summed E-state index contributed by atoms with van der Waals surface area (Å²) in [4.78, 5) is 13.7. The number of thiophene rings is 1. The van der Waals surface area contributed by atoms with E-state index >= 15 is 0 Å². The maximum absolute atomic E-state index is 12.5. The van der Waals surface area contributed by atoms with Gasteiger partial charge in [-0.3, -0.25) is 4.79 Å². The fourth-order valence-electron chi connectivity index (χ4n) is 3.57. The monoisotopic (exact) mass is 379 g/mol. The Labute approximate surface area is 162 Å². The highest BCUT2D eigenvalue weighted by Gasteiger charge is 2.32. The highest BCUT2D eigenvalue weighted by Crippen LogP contribution is 2.49. The molecule has 138 valence electrons. The van der Waals surface area contributed by atoms with Crippen LogP contribution in [0.4, 0.5) is 5.69 Å². The fourth-order valence-corrected chi connectivity index (χ4v) is 4.73. The zero-order valence-electron chi connectivity index (χ0n) is 15.3. The first kappa shape index (κ1) is 17.6. The summed E-state index contributed by atoms with van der Waals surface area (Å²) in [5, 5.41) is 5.21. The summed E-state index contributed by atoms with van der Waals surface area (Å²) in [5.74, 6) is 1.39. The summed E-state index contributed by atoms with van der Waals surface area (Å²) in [6.07, 6.45) is 0.398. The number of fused-ring (bicyclic) bond motifs is 1. The van der Waals surface area contributed by atoms with Gasteiger partial charge in [0.25, 0.3) is 0 Å². The zero-order chi connectivity index (χ0) is 18.8. The molecule has 0 radical (unpaired) electrons. The van der Waals surface area contributed by atoms with Crippen molar-refractivity contribution in [3.63, 3.8) is 0 Å². The van der Waals surface area contributed by atoms with Gasteiger partial charge in [-0.2, -0.15) is 0 Å². The van der Waals surface area contributed by atoms with Crippen LogP contribution in [0.25, 0.3) is 11.1 Å². The number of carbonyl (C=O) groups excluding carboxylic acids is 1. The number of nitrogens with one attached hydrogen (secondary N) is 1. The van der Waals surface area contributed by atoms with Crippen LogP contribution in [0, 0.1) is 0 Å². The van der Waals surface area contributed by atoms with E-state index in [-0.39, 0.29) is 11.8 Å². The van der Waals surface area contributed by atoms with Crippen LogP contribution in [0.15, 0.2) is 53.9 Å². The van der Waals surface area contributed by atoms with Crippen molar-refractivity contribution in [2.45, 2.75) is 19.3 Å². The molecule has 1 atom stereocenters. The van der Waals surface area contributed by atoms with Gasteiger partial charge in [0.2, 0.25) is 5.91 Å². The molecule has 1 aliphatic heterocycles. The molecule has 4 rings (SSSR count). The van der Waals surface area contributed by atoms with E-state index in [1.165, 1.54) is 0 Å². The number of rotatable bonds is 5. The Balaban J connectivity index is 1.84. The molecule has 1 N–H and O–H groups in total. The average molecular weight is 379 g/mol. The standard InChI is InChI=1S/C22H21NO3S/c1-3-26-21-15(10-7-11-18(21)25-2)16-12-19(24)23-20-17(13-27-22(16)20)14-8-5-4-6-9-14/h4-11,13,16H,3,12H2,1-2H3,(H,23,24)/t16-/m1/s1. The molecule has 1 aliphatic rings. The predicted octanol–water partition coefficient (Wildman–Crippen LogP) is 5.30. The number of para-hydroxylation sites is 1. The fraction of sp³-hybridized carbons (Fsp3) is 0.227. The van der Waals surface area contributed by atoms with Crippen molar-refractivity contribution in [1.82, 2.24) is 0 Å². The molecule has 5 heteroatoms. The van der Waals surface area contributed by atoms with Gasteiger partial charge < -0.3 is 14.8 Å². The van der Waals surface area contributed by atoms with Crippen LogP contribution in [0.5, 0.6) is 11.5 Å². The number of methoxy groups -OCH3 is 1. The van der Waals surface area contributed by atoms with Crippen molar-refractivity contribution in [1.29, 1.82) is 0 Å². The number of hydrogen-bond acceptors (Lipinski definition) is 4. The average Bonchev–Trinajstić information content (AvgIpc) is 3.12. The second-order valence-electron chi connectivity index (χ2n) is 6.37. The summed E-state index contributed by atoms with van der Waals surface area (Å²) >= 11 is 1.68. The third kappa shape index (κ3) is 3.19. The van der Waals surface area contributed by atoms with Crippen LogP contribution in [-0.4, -0.2) is 19.6 Å². The molecular formula is C22H21NO3S. The van der Waals surface area contributed by atoms with E-state index < -0.39 is 0 Å². The van der Waals surface area contributed by atoms with Gasteiger partial charge in [0.05, 0.1) is 19.4 Å². The topological polar surface area (TPSA) is 47.6 Å². The first-order valence-electron chi connectivity index (χ1n) is 8.99. The molecule has 1 aromatic heterocycles. The van der Waals surface area contributed by atoms with Gasteiger partial charge in [-0.15, -0.1) is 11.3 Å². The molecular weight excluding hydrogens is 358 g/mol. The third-order valence-electron chi connectivity index (χ3n) is 4.77. The van der Waals surface area contributed by atoms with Crippen LogP contribution in [0.2, 0.25) is 0 Å². The SMILES string of the molecule is CCOc1c(OC)cccc1[C@H]1CC(=O)Nc2c(-c3ccccc3)csc21. The molecule has 0 aliphatic carbocycles. The van der Waals surface area contributed by atoms with Crippen LogP contribution < -0.4 is 14.8 Å². The van der Waals surface area contributed by atoms with Gasteiger partial charge in [0, 0.05) is 33.7 Å². The lowest BCUT2D eigenvalue weighted by Crippen LogP contribution is -2.23. The molecule has 0 saturated heterocycles. The molecule has 1 amide bonds. The molecule has 4 nitrogen and oxygen atoms in total. The second kappa shape index (κ2) is 7.45. The van der Waals surface area contributed by atoms with E-state index in [9.17, 15) is 4.79 Å². The number of ether oxygens (including phenoxy) is 2. The summed E-state index contributed by atoms with van der Waals surface area (Å²) in [6.45, 7) is 2.49. The molecule has 27 heavy (non-hydrogen) atoms. The first-order chi connectivity index (χ1) is 13.2. The van der Waals surface area contributed by atoms with E-state index in [2.05, 4.69) is 22.8 Å². The van der Waals surface area contributed by atoms with Gasteiger partial charge >= 0.3 is 0 Å². The molecule has 0 spiro atoms. The highest BCUT2D eigenvalue weighted by molar-refractivity contribution is 7.11. The number of hydrogen-bond donors (Lipinski definition) is 1. The second-order valence-corrected chi connectivity index (χ2v) is 7.28. The van der Waals surface area contributed by atoms with Crippen molar-refractivity contribution in [2.75, 3.05) is 19.0 Å². The van der Waals surface area contributed by atoms with Gasteiger partial charge in [-0.25, -0.2) is 0 Å². The Kier molecular flexibility index (Phi) is 4.86. The lowest BCUT2D eigenvalue weighted by atomic mass is 9.88. The third-order valence-corrected chi connectivity index (χ3v) is 5.86. The van der Waals surface area contributed by atoms with E-state index in [1.54, 1.807) is 18.4 Å². The minimum Gasteiger partial charge on any atom is -0.493 e. The Morgan fingerprint density at radius 2 is 1.96 bits per heavy atom. The van der Waals surface area contributed by atoms with E-state index in [0.29, 0.717) is 18.8 Å². The van der Waals surface area contributed by atoms with Gasteiger partial charge in [-0.1, -0.05) is 42.5 Å². The smallest absolute Gasteiger partial charge is 0.225 e. The molecule has 0 saturated carbocycles. The van der Waals surface area contributed by atoms with Crippen LogP contribution in [0.1, 0.15) is 29.7 Å².